The molecule has 0 saturated heterocycles. The summed E-state index contributed by atoms with van der Waals surface area (Å²) >= 11 is 0. The van der Waals surface area contributed by atoms with Gasteiger partial charge in [0.25, 0.3) is 17.4 Å². The molecule has 11 nitrogen and oxygen atoms in total. The van der Waals surface area contributed by atoms with Crippen LogP contribution in [0.2, 0.25) is 0 Å². The lowest BCUT2D eigenvalue weighted by Gasteiger charge is -2.31. The van der Waals surface area contributed by atoms with Crippen molar-refractivity contribution >= 4 is 38.2 Å². The van der Waals surface area contributed by atoms with Crippen LogP contribution in [0.1, 0.15) is 27.9 Å². The normalized spacial score (nSPS) is 17.0. The topological polar surface area (TPSA) is 166 Å². The minimum atomic E-state index is -4.21. The average Bonchev–Trinajstić information content (AvgIpc) is 3.58. The highest BCUT2D eigenvalue weighted by molar-refractivity contribution is 7.91. The summed E-state index contributed by atoms with van der Waals surface area (Å²) in [5.74, 6) is -2.44. The maximum atomic E-state index is 14.4. The second kappa shape index (κ2) is 11.5. The van der Waals surface area contributed by atoms with Crippen molar-refractivity contribution in [3.05, 3.63) is 123 Å². The molecule has 0 spiro atoms. The number of hydrogen-bond acceptors (Lipinski definition) is 8. The van der Waals surface area contributed by atoms with Crippen molar-refractivity contribution in [1.29, 1.82) is 0 Å². The van der Waals surface area contributed by atoms with E-state index in [4.69, 9.17) is 0 Å². The van der Waals surface area contributed by atoms with Gasteiger partial charge in [-0.05, 0) is 40.6 Å². The summed E-state index contributed by atoms with van der Waals surface area (Å²) in [7, 11) is -4.21. The van der Waals surface area contributed by atoms with Gasteiger partial charge in [-0.1, -0.05) is 54.6 Å². The van der Waals surface area contributed by atoms with Crippen molar-refractivity contribution in [3.63, 3.8) is 0 Å². The highest BCUT2D eigenvalue weighted by atomic mass is 32.2. The minimum absolute atomic E-state index is 0.00357. The number of sulfone groups is 1. The number of pyridine rings is 1. The number of phenolic OH excluding ortho intramolecular Hbond substituents is 1. The lowest BCUT2D eigenvalue weighted by molar-refractivity contribution is -0.133. The predicted molar refractivity (Wildman–Crippen MR) is 162 cm³/mol. The Morgan fingerprint density at radius 3 is 2.50 bits per heavy atom. The number of ketones is 1. The molecule has 3 aromatic carbocycles. The van der Waals surface area contributed by atoms with Crippen molar-refractivity contribution in [2.45, 2.75) is 30.0 Å². The Hall–Kier alpha value is -5.23. The number of H-pyrrole nitrogens is 1. The van der Waals surface area contributed by atoms with Gasteiger partial charge in [0, 0.05) is 35.9 Å². The maximum absolute atomic E-state index is 14.4. The fraction of sp³-hybridized carbons (Fsp3) is 0.188. The number of nitrogens with zero attached hydrogens (tertiary/aromatic N) is 1. The van der Waals surface area contributed by atoms with Crippen LogP contribution in [0.25, 0.3) is 10.8 Å². The first-order valence-corrected chi connectivity index (χ1v) is 15.6. The monoisotopic (exact) mass is 612 g/mol. The van der Waals surface area contributed by atoms with Crippen LogP contribution >= 0.6 is 0 Å². The number of hydrogen-bond donors (Lipinski definition) is 4. The molecule has 12 heteroatoms. The maximum Gasteiger partial charge on any atom is 0.252 e. The standard InChI is InChI=1S/C32H28N4O7S/c37-22-12-10-19(11-13-22)15-26(35-31(40)24-9-3-6-20-5-1-2-8-23(20)24)32(41)36-28(16-25-29(36)27(38)17-34-25)44(42,43)18-21-7-4-14-33-30(21)39/h1-14,26,28,34,37H,15-18H2,(H,33,39)(H,35,40). The molecule has 3 heterocycles. The largest absolute Gasteiger partial charge is 0.508 e. The van der Waals surface area contributed by atoms with E-state index in [1.165, 1.54) is 30.5 Å². The number of aromatic hydroxyl groups is 1. The molecule has 2 aliphatic rings. The molecule has 6 rings (SSSR count). The molecule has 2 unspecified atom stereocenters. The van der Waals surface area contributed by atoms with E-state index in [1.54, 1.807) is 36.4 Å². The first kappa shape index (κ1) is 28.9. The molecule has 2 atom stereocenters. The first-order valence-electron chi connectivity index (χ1n) is 13.9. The van der Waals surface area contributed by atoms with Gasteiger partial charge in [-0.2, -0.15) is 0 Å². The van der Waals surface area contributed by atoms with Gasteiger partial charge < -0.3 is 20.7 Å². The van der Waals surface area contributed by atoms with Crippen LogP contribution in [0.15, 0.2) is 101 Å². The molecule has 4 N–H and O–H groups in total. The Labute approximate surface area is 252 Å². The Bertz CT molecular complexity index is 2000. The van der Waals surface area contributed by atoms with Gasteiger partial charge in [-0.25, -0.2) is 8.42 Å². The van der Waals surface area contributed by atoms with E-state index in [0.29, 0.717) is 22.2 Å². The second-order valence-corrected chi connectivity index (χ2v) is 12.9. The highest BCUT2D eigenvalue weighted by Gasteiger charge is 2.49. The summed E-state index contributed by atoms with van der Waals surface area (Å²) in [6.07, 6.45) is 1.17. The van der Waals surface area contributed by atoms with Crippen LogP contribution in [-0.4, -0.2) is 59.0 Å². The average molecular weight is 613 g/mol. The molecule has 0 fully saturated rings. The third kappa shape index (κ3) is 5.47. The van der Waals surface area contributed by atoms with E-state index < -0.39 is 50.2 Å². The lowest BCUT2D eigenvalue weighted by Crippen LogP contribution is -2.53. The predicted octanol–water partition coefficient (Wildman–Crippen LogP) is 2.13. The van der Waals surface area contributed by atoms with Gasteiger partial charge in [0.05, 0.1) is 12.3 Å². The molecule has 1 aromatic heterocycles. The number of rotatable bonds is 8. The van der Waals surface area contributed by atoms with Crippen molar-refractivity contribution in [2.75, 3.05) is 6.54 Å². The number of carbonyl (C=O) groups excluding carboxylic acids is 3. The highest BCUT2D eigenvalue weighted by Crippen LogP contribution is 2.36. The zero-order valence-corrected chi connectivity index (χ0v) is 24.1. The molecular weight excluding hydrogens is 584 g/mol. The van der Waals surface area contributed by atoms with E-state index in [1.807, 2.05) is 18.2 Å². The zero-order chi connectivity index (χ0) is 31.0. The van der Waals surface area contributed by atoms with Crippen molar-refractivity contribution in [1.82, 2.24) is 20.5 Å². The van der Waals surface area contributed by atoms with Crippen LogP contribution in [0.3, 0.4) is 0 Å². The molecular formula is C32H28N4O7S. The van der Waals surface area contributed by atoms with E-state index in [9.17, 15) is 32.7 Å². The number of Topliss-reactive ketones (excluding diaryl/α,β-unsaturated/α-hetero) is 1. The summed E-state index contributed by atoms with van der Waals surface area (Å²) in [5, 5.41) is 15.5. The van der Waals surface area contributed by atoms with Crippen molar-refractivity contribution < 1.29 is 27.9 Å². The molecule has 2 aliphatic heterocycles. The third-order valence-electron chi connectivity index (χ3n) is 7.84. The third-order valence-corrected chi connectivity index (χ3v) is 9.76. The minimum Gasteiger partial charge on any atom is -0.508 e. The van der Waals surface area contributed by atoms with Crippen LogP contribution in [-0.2, 0) is 31.6 Å². The first-order chi connectivity index (χ1) is 21.1. The second-order valence-electron chi connectivity index (χ2n) is 10.7. The van der Waals surface area contributed by atoms with Crippen LogP contribution in [0.5, 0.6) is 5.75 Å². The molecule has 0 bridgehead atoms. The summed E-state index contributed by atoms with van der Waals surface area (Å²) in [5.41, 5.74) is 0.589. The summed E-state index contributed by atoms with van der Waals surface area (Å²) in [6, 6.07) is 20.2. The Kier molecular flexibility index (Phi) is 7.52. The molecule has 0 aliphatic carbocycles. The van der Waals surface area contributed by atoms with Gasteiger partial charge in [0.1, 0.15) is 22.9 Å². The van der Waals surface area contributed by atoms with Gasteiger partial charge in [-0.3, -0.25) is 24.1 Å². The number of benzene rings is 3. The van der Waals surface area contributed by atoms with E-state index >= 15 is 0 Å². The van der Waals surface area contributed by atoms with E-state index in [2.05, 4.69) is 15.6 Å². The fourth-order valence-electron chi connectivity index (χ4n) is 5.70. The number of nitrogens with one attached hydrogen (secondary N) is 3. The van der Waals surface area contributed by atoms with Gasteiger partial charge >= 0.3 is 0 Å². The summed E-state index contributed by atoms with van der Waals surface area (Å²) in [4.78, 5) is 56.9. The van der Waals surface area contributed by atoms with Gasteiger partial charge in [0.2, 0.25) is 0 Å². The molecule has 224 valence electrons. The van der Waals surface area contributed by atoms with Crippen LogP contribution in [0, 0.1) is 0 Å². The van der Waals surface area contributed by atoms with Gasteiger partial charge in [0.15, 0.2) is 15.6 Å². The van der Waals surface area contributed by atoms with Crippen LogP contribution in [0.4, 0.5) is 0 Å². The molecule has 44 heavy (non-hydrogen) atoms. The number of aromatic nitrogens is 1. The summed E-state index contributed by atoms with van der Waals surface area (Å²) in [6.45, 7) is -0.0927. The molecule has 0 saturated carbocycles. The van der Waals surface area contributed by atoms with Crippen molar-refractivity contribution in [2.24, 2.45) is 0 Å². The number of aromatic amines is 1. The van der Waals surface area contributed by atoms with E-state index in [0.717, 1.165) is 10.3 Å². The quantitative estimate of drug-likeness (QED) is 0.235. The summed E-state index contributed by atoms with van der Waals surface area (Å²) < 4.78 is 27.6. The number of fused-ring (bicyclic) bond motifs is 1. The number of phenols is 1. The molecule has 2 amide bonds. The fourth-order valence-corrected chi connectivity index (χ4v) is 7.50. The molecule has 4 aromatic rings. The SMILES string of the molecule is O=C1CNC2=C1N(C(=O)C(Cc1ccc(O)cc1)NC(=O)c1cccc3ccccc13)C(S(=O)(=O)Cc1ccc[nH]c1=O)C2. The lowest BCUT2D eigenvalue weighted by atomic mass is 10.0. The smallest absolute Gasteiger partial charge is 0.252 e. The van der Waals surface area contributed by atoms with Crippen LogP contribution < -0.4 is 16.2 Å². The zero-order valence-electron chi connectivity index (χ0n) is 23.3. The number of carbonyl (C=O) groups is 3. The Morgan fingerprint density at radius 1 is 0.977 bits per heavy atom. The van der Waals surface area contributed by atoms with E-state index in [-0.39, 0.29) is 36.4 Å². The Balaban J connectivity index is 1.38. The molecule has 0 radical (unpaired) electrons. The number of amides is 2. The van der Waals surface area contributed by atoms with Gasteiger partial charge in [-0.15, -0.1) is 0 Å². The van der Waals surface area contributed by atoms with Crippen molar-refractivity contribution in [3.8, 4) is 5.75 Å². The Morgan fingerprint density at radius 2 is 1.73 bits per heavy atom.